The number of amides is 2. The Labute approximate surface area is 116 Å². The van der Waals surface area contributed by atoms with Gasteiger partial charge in [-0.2, -0.15) is 0 Å². The minimum atomic E-state index is -1.07. The molecule has 19 heavy (non-hydrogen) atoms. The minimum absolute atomic E-state index is 0.0672. The van der Waals surface area contributed by atoms with Crippen molar-refractivity contribution in [3.05, 3.63) is 28.8 Å². The number of likely N-dealkylation sites (N-methyl/N-ethyl adjacent to an activating group) is 2. The quantitative estimate of drug-likeness (QED) is 0.769. The van der Waals surface area contributed by atoms with Crippen molar-refractivity contribution in [3.8, 4) is 0 Å². The second-order valence-electron chi connectivity index (χ2n) is 3.96. The molecular formula is C12H16ClN3O3. The van der Waals surface area contributed by atoms with Crippen LogP contribution in [-0.4, -0.2) is 49.2 Å². The van der Waals surface area contributed by atoms with Gasteiger partial charge in [0.25, 0.3) is 0 Å². The Kier molecular flexibility index (Phi) is 5.59. The third kappa shape index (κ3) is 4.42. The maximum Gasteiger partial charge on any atom is 0.335 e. The van der Waals surface area contributed by atoms with Crippen molar-refractivity contribution in [3.63, 3.8) is 0 Å². The molecule has 104 valence electrons. The van der Waals surface area contributed by atoms with E-state index in [-0.39, 0.29) is 17.3 Å². The Hall–Kier alpha value is -1.79. The van der Waals surface area contributed by atoms with Crippen LogP contribution < -0.4 is 10.6 Å². The molecule has 6 nitrogen and oxygen atoms in total. The second kappa shape index (κ2) is 6.96. The van der Waals surface area contributed by atoms with Gasteiger partial charge >= 0.3 is 12.0 Å². The summed E-state index contributed by atoms with van der Waals surface area (Å²) in [7, 11) is 3.43. The Morgan fingerprint density at radius 2 is 2.11 bits per heavy atom. The molecule has 0 spiro atoms. The van der Waals surface area contributed by atoms with Crippen molar-refractivity contribution in [1.82, 2.24) is 10.2 Å². The second-order valence-corrected chi connectivity index (χ2v) is 4.36. The number of carbonyl (C=O) groups excluding carboxylic acids is 1. The maximum atomic E-state index is 11.8. The summed E-state index contributed by atoms with van der Waals surface area (Å²) >= 11 is 5.92. The predicted molar refractivity (Wildman–Crippen MR) is 74.0 cm³/mol. The van der Waals surface area contributed by atoms with Crippen molar-refractivity contribution >= 4 is 29.3 Å². The number of rotatable bonds is 5. The fourth-order valence-electron chi connectivity index (χ4n) is 1.35. The van der Waals surface area contributed by atoms with Gasteiger partial charge in [-0.15, -0.1) is 0 Å². The fourth-order valence-corrected chi connectivity index (χ4v) is 1.51. The standard InChI is InChI=1S/C12H16ClN3O3/c1-14-5-6-16(2)12(19)15-10-7-8(11(17)18)3-4-9(10)13/h3-4,7,14H,5-6H2,1-2H3,(H,15,19)(H,17,18). The lowest BCUT2D eigenvalue weighted by Crippen LogP contribution is -2.36. The van der Waals surface area contributed by atoms with E-state index in [2.05, 4.69) is 10.6 Å². The first-order chi connectivity index (χ1) is 8.95. The Morgan fingerprint density at radius 1 is 1.42 bits per heavy atom. The van der Waals surface area contributed by atoms with Crippen LogP contribution in [-0.2, 0) is 0 Å². The summed E-state index contributed by atoms with van der Waals surface area (Å²) in [5.74, 6) is -1.07. The van der Waals surface area contributed by atoms with Crippen molar-refractivity contribution in [2.45, 2.75) is 0 Å². The van der Waals surface area contributed by atoms with Crippen LogP contribution in [0.3, 0.4) is 0 Å². The van der Waals surface area contributed by atoms with Gasteiger partial charge in [-0.1, -0.05) is 11.6 Å². The van der Waals surface area contributed by atoms with Gasteiger partial charge in [0.15, 0.2) is 0 Å². The molecule has 0 atom stereocenters. The van der Waals surface area contributed by atoms with Crippen LogP contribution in [0.25, 0.3) is 0 Å². The molecule has 1 aromatic rings. The van der Waals surface area contributed by atoms with Gasteiger partial charge in [-0.05, 0) is 25.2 Å². The van der Waals surface area contributed by atoms with Gasteiger partial charge in [0, 0.05) is 20.1 Å². The minimum Gasteiger partial charge on any atom is -0.478 e. The molecule has 3 N–H and O–H groups in total. The fraction of sp³-hybridized carbons (Fsp3) is 0.333. The molecule has 0 saturated carbocycles. The molecule has 1 aromatic carbocycles. The third-order valence-electron chi connectivity index (χ3n) is 2.50. The molecule has 2 amide bonds. The van der Waals surface area contributed by atoms with Gasteiger partial charge in [-0.3, -0.25) is 0 Å². The summed E-state index contributed by atoms with van der Waals surface area (Å²) in [6.45, 7) is 1.19. The highest BCUT2D eigenvalue weighted by atomic mass is 35.5. The summed E-state index contributed by atoms with van der Waals surface area (Å²) in [4.78, 5) is 24.2. The number of aromatic carboxylic acids is 1. The number of anilines is 1. The Bertz CT molecular complexity index is 479. The number of hydrogen-bond donors (Lipinski definition) is 3. The van der Waals surface area contributed by atoms with Crippen LogP contribution in [0.4, 0.5) is 10.5 Å². The van der Waals surface area contributed by atoms with E-state index in [0.29, 0.717) is 18.1 Å². The zero-order valence-electron chi connectivity index (χ0n) is 10.7. The lowest BCUT2D eigenvalue weighted by atomic mass is 10.2. The monoisotopic (exact) mass is 285 g/mol. The first-order valence-electron chi connectivity index (χ1n) is 5.65. The molecule has 0 heterocycles. The lowest BCUT2D eigenvalue weighted by Gasteiger charge is -2.18. The summed E-state index contributed by atoms with van der Waals surface area (Å²) < 4.78 is 0. The highest BCUT2D eigenvalue weighted by Crippen LogP contribution is 2.23. The molecule has 0 saturated heterocycles. The van der Waals surface area contributed by atoms with Crippen LogP contribution in [0.15, 0.2) is 18.2 Å². The van der Waals surface area contributed by atoms with Gasteiger partial charge in [0.2, 0.25) is 0 Å². The Balaban J connectivity index is 2.78. The van der Waals surface area contributed by atoms with E-state index in [4.69, 9.17) is 16.7 Å². The predicted octanol–water partition coefficient (Wildman–Crippen LogP) is 1.72. The first-order valence-corrected chi connectivity index (χ1v) is 6.03. The number of halogens is 1. The number of carbonyl (C=O) groups is 2. The molecule has 0 aliphatic carbocycles. The zero-order valence-corrected chi connectivity index (χ0v) is 11.5. The molecule has 0 fully saturated rings. The molecule has 0 aliphatic heterocycles. The van der Waals surface area contributed by atoms with Gasteiger partial charge in [-0.25, -0.2) is 9.59 Å². The van der Waals surface area contributed by atoms with Gasteiger partial charge in [0.05, 0.1) is 16.3 Å². The van der Waals surface area contributed by atoms with Crippen molar-refractivity contribution in [2.24, 2.45) is 0 Å². The molecule has 0 radical (unpaired) electrons. The van der Waals surface area contributed by atoms with E-state index < -0.39 is 5.97 Å². The summed E-state index contributed by atoms with van der Waals surface area (Å²) in [6, 6.07) is 3.80. The maximum absolute atomic E-state index is 11.8. The molecule has 0 bridgehead atoms. The normalized spacial score (nSPS) is 10.1. The topological polar surface area (TPSA) is 81.7 Å². The number of carboxylic acid groups (broad SMARTS) is 1. The van der Waals surface area contributed by atoms with Crippen LogP contribution in [0, 0.1) is 0 Å². The molecule has 1 rings (SSSR count). The van der Waals surface area contributed by atoms with E-state index in [1.165, 1.54) is 23.1 Å². The SMILES string of the molecule is CNCCN(C)C(=O)Nc1cc(C(=O)O)ccc1Cl. The van der Waals surface area contributed by atoms with Gasteiger partial charge < -0.3 is 20.6 Å². The van der Waals surface area contributed by atoms with E-state index in [1.807, 2.05) is 0 Å². The van der Waals surface area contributed by atoms with Crippen LogP contribution in [0.2, 0.25) is 5.02 Å². The number of nitrogens with zero attached hydrogens (tertiary/aromatic N) is 1. The van der Waals surface area contributed by atoms with Crippen molar-refractivity contribution < 1.29 is 14.7 Å². The van der Waals surface area contributed by atoms with Crippen molar-refractivity contribution in [2.75, 3.05) is 32.5 Å². The molecule has 0 aromatic heterocycles. The third-order valence-corrected chi connectivity index (χ3v) is 2.83. The molecule has 7 heteroatoms. The number of benzene rings is 1. The molecular weight excluding hydrogens is 270 g/mol. The zero-order chi connectivity index (χ0) is 14.4. The van der Waals surface area contributed by atoms with Gasteiger partial charge in [0.1, 0.15) is 0 Å². The van der Waals surface area contributed by atoms with E-state index >= 15 is 0 Å². The highest BCUT2D eigenvalue weighted by molar-refractivity contribution is 6.33. The summed E-state index contributed by atoms with van der Waals surface area (Å²) in [5.41, 5.74) is 0.348. The largest absolute Gasteiger partial charge is 0.478 e. The lowest BCUT2D eigenvalue weighted by molar-refractivity contribution is 0.0697. The number of carboxylic acids is 1. The van der Waals surface area contributed by atoms with E-state index in [9.17, 15) is 9.59 Å². The summed E-state index contributed by atoms with van der Waals surface area (Å²) in [5, 5.41) is 14.7. The molecule has 0 unspecified atom stereocenters. The summed E-state index contributed by atoms with van der Waals surface area (Å²) in [6.07, 6.45) is 0. The van der Waals surface area contributed by atoms with E-state index in [1.54, 1.807) is 14.1 Å². The molecule has 0 aliphatic rings. The average Bonchev–Trinajstić information content (AvgIpc) is 2.38. The number of nitrogens with one attached hydrogen (secondary N) is 2. The van der Waals surface area contributed by atoms with Crippen molar-refractivity contribution in [1.29, 1.82) is 0 Å². The smallest absolute Gasteiger partial charge is 0.335 e. The number of hydrogen-bond acceptors (Lipinski definition) is 3. The van der Waals surface area contributed by atoms with Crippen LogP contribution >= 0.6 is 11.6 Å². The Morgan fingerprint density at radius 3 is 2.68 bits per heavy atom. The van der Waals surface area contributed by atoms with Crippen LogP contribution in [0.1, 0.15) is 10.4 Å². The average molecular weight is 286 g/mol. The van der Waals surface area contributed by atoms with Crippen LogP contribution in [0.5, 0.6) is 0 Å². The first kappa shape index (κ1) is 15.3. The number of urea groups is 1. The highest BCUT2D eigenvalue weighted by Gasteiger charge is 2.12. The van der Waals surface area contributed by atoms with E-state index in [0.717, 1.165) is 0 Å².